The number of rotatable bonds is 4. The van der Waals surface area contributed by atoms with Gasteiger partial charge in [0.2, 0.25) is 0 Å². The van der Waals surface area contributed by atoms with Gasteiger partial charge in [0.05, 0.1) is 12.0 Å². The molecule has 0 radical (unpaired) electrons. The van der Waals surface area contributed by atoms with E-state index in [0.717, 1.165) is 5.41 Å². The summed E-state index contributed by atoms with van der Waals surface area (Å²) in [5, 5.41) is 0.997. The van der Waals surface area contributed by atoms with Crippen molar-refractivity contribution in [2.24, 2.45) is 0 Å². The lowest BCUT2D eigenvalue weighted by atomic mass is 10.7. The lowest BCUT2D eigenvalue weighted by Crippen LogP contribution is -2.00. The van der Waals surface area contributed by atoms with Crippen LogP contribution in [0.5, 0.6) is 0 Å². The summed E-state index contributed by atoms with van der Waals surface area (Å²) in [5.74, 6) is 0. The van der Waals surface area contributed by atoms with Gasteiger partial charge >= 0.3 is 0 Å². The van der Waals surface area contributed by atoms with Gasteiger partial charge in [0.1, 0.15) is 0 Å². The van der Waals surface area contributed by atoms with E-state index in [1.165, 1.54) is 12.2 Å². The van der Waals surface area contributed by atoms with E-state index in [9.17, 15) is 8.42 Å². The predicted molar refractivity (Wildman–Crippen MR) is 39.9 cm³/mol. The number of hydrogen-bond donors (Lipinski definition) is 0. The van der Waals surface area contributed by atoms with Crippen LogP contribution in [0.25, 0.3) is 0 Å². The van der Waals surface area contributed by atoms with Gasteiger partial charge in [-0.25, -0.2) is 0 Å². The molecule has 0 aliphatic carbocycles. The summed E-state index contributed by atoms with van der Waals surface area (Å²) < 4.78 is 25.7. The summed E-state index contributed by atoms with van der Waals surface area (Å²) in [6.45, 7) is 4.94. The standard InChI is InChI=1S/C6H10O3S/c1-3-5-9-10(7,8)6-4-2/h3-4,6H,1,5H2,2H3/b6-4+. The Hall–Kier alpha value is -0.610. The molecule has 3 nitrogen and oxygen atoms in total. The molecule has 58 valence electrons. The summed E-state index contributed by atoms with van der Waals surface area (Å²) in [4.78, 5) is 0. The van der Waals surface area contributed by atoms with Gasteiger partial charge in [-0.1, -0.05) is 12.2 Å². The van der Waals surface area contributed by atoms with E-state index < -0.39 is 10.1 Å². The van der Waals surface area contributed by atoms with E-state index in [2.05, 4.69) is 10.8 Å². The Labute approximate surface area is 61.1 Å². The molecule has 4 heteroatoms. The van der Waals surface area contributed by atoms with Gasteiger partial charge in [-0.2, -0.15) is 8.42 Å². The van der Waals surface area contributed by atoms with Crippen molar-refractivity contribution in [1.29, 1.82) is 0 Å². The first-order chi connectivity index (χ1) is 4.62. The van der Waals surface area contributed by atoms with Crippen molar-refractivity contribution in [3.05, 3.63) is 24.1 Å². The molecule has 0 aliphatic rings. The van der Waals surface area contributed by atoms with Gasteiger partial charge in [-0.05, 0) is 6.92 Å². The van der Waals surface area contributed by atoms with E-state index >= 15 is 0 Å². The second kappa shape index (κ2) is 4.24. The first-order valence-corrected chi connectivity index (χ1v) is 4.22. The van der Waals surface area contributed by atoms with Crippen LogP contribution in [0.15, 0.2) is 24.1 Å². The van der Waals surface area contributed by atoms with Crippen LogP contribution in [0, 0.1) is 0 Å². The largest absolute Gasteiger partial charge is 0.290 e. The second-order valence-corrected chi connectivity index (χ2v) is 3.03. The first-order valence-electron chi connectivity index (χ1n) is 2.75. The second-order valence-electron chi connectivity index (χ2n) is 1.54. The van der Waals surface area contributed by atoms with Crippen LogP contribution in [0.2, 0.25) is 0 Å². The highest BCUT2D eigenvalue weighted by atomic mass is 32.2. The molecule has 10 heavy (non-hydrogen) atoms. The maximum Gasteiger partial charge on any atom is 0.290 e. The van der Waals surface area contributed by atoms with Crippen molar-refractivity contribution < 1.29 is 12.6 Å². The van der Waals surface area contributed by atoms with E-state index in [-0.39, 0.29) is 6.61 Å². The molecular weight excluding hydrogens is 152 g/mol. The Balaban J connectivity index is 4.01. The van der Waals surface area contributed by atoms with Crippen LogP contribution in [0.3, 0.4) is 0 Å². The third kappa shape index (κ3) is 4.29. The molecule has 0 unspecified atom stereocenters. The minimum absolute atomic E-state index is 0.0205. The Morgan fingerprint density at radius 2 is 2.20 bits per heavy atom. The summed E-state index contributed by atoms with van der Waals surface area (Å²) in [7, 11) is -3.45. The fraction of sp³-hybridized carbons (Fsp3) is 0.333. The maximum absolute atomic E-state index is 10.6. The average molecular weight is 162 g/mol. The Morgan fingerprint density at radius 1 is 1.60 bits per heavy atom. The molecule has 0 aromatic carbocycles. The summed E-state index contributed by atoms with van der Waals surface area (Å²) in [6, 6.07) is 0. The van der Waals surface area contributed by atoms with Crippen LogP contribution < -0.4 is 0 Å². The molecule has 0 fully saturated rings. The molecule has 0 bridgehead atoms. The molecule has 0 heterocycles. The summed E-state index contributed by atoms with van der Waals surface area (Å²) in [5.41, 5.74) is 0. The van der Waals surface area contributed by atoms with Crippen molar-refractivity contribution in [2.45, 2.75) is 6.92 Å². The zero-order chi connectivity index (χ0) is 8.04. The zero-order valence-corrected chi connectivity index (χ0v) is 6.60. The summed E-state index contributed by atoms with van der Waals surface area (Å²) in [6.07, 6.45) is 2.78. The predicted octanol–water partition coefficient (Wildman–Crippen LogP) is 1.05. The van der Waals surface area contributed by atoms with Crippen LogP contribution in [-0.4, -0.2) is 15.0 Å². The van der Waals surface area contributed by atoms with Crippen molar-refractivity contribution in [1.82, 2.24) is 0 Å². The molecule has 0 amide bonds. The molecule has 0 aromatic heterocycles. The molecule has 0 atom stereocenters. The molecule has 0 rings (SSSR count). The first kappa shape index (κ1) is 9.39. The zero-order valence-electron chi connectivity index (χ0n) is 5.78. The van der Waals surface area contributed by atoms with Crippen LogP contribution in [-0.2, 0) is 14.3 Å². The maximum atomic E-state index is 10.6. The third-order valence-electron chi connectivity index (χ3n) is 0.653. The normalized spacial score (nSPS) is 12.1. The Bertz CT molecular complexity index is 213. The van der Waals surface area contributed by atoms with Gasteiger partial charge < -0.3 is 0 Å². The molecule has 0 N–H and O–H groups in total. The molecule has 0 spiro atoms. The minimum Gasteiger partial charge on any atom is -0.263 e. The molecule has 0 saturated heterocycles. The van der Waals surface area contributed by atoms with Crippen molar-refractivity contribution in [3.8, 4) is 0 Å². The van der Waals surface area contributed by atoms with E-state index in [0.29, 0.717) is 0 Å². The van der Waals surface area contributed by atoms with Crippen molar-refractivity contribution in [3.63, 3.8) is 0 Å². The third-order valence-corrected chi connectivity index (χ3v) is 1.72. The summed E-state index contributed by atoms with van der Waals surface area (Å²) >= 11 is 0. The smallest absolute Gasteiger partial charge is 0.263 e. The molecule has 0 aliphatic heterocycles. The molecular formula is C6H10O3S. The van der Waals surface area contributed by atoms with Gasteiger partial charge in [-0.3, -0.25) is 4.18 Å². The monoisotopic (exact) mass is 162 g/mol. The number of allylic oxidation sites excluding steroid dienone is 1. The van der Waals surface area contributed by atoms with Gasteiger partial charge in [0.25, 0.3) is 10.1 Å². The number of hydrogen-bond acceptors (Lipinski definition) is 3. The van der Waals surface area contributed by atoms with Gasteiger partial charge in [-0.15, -0.1) is 6.58 Å². The minimum atomic E-state index is -3.45. The lowest BCUT2D eigenvalue weighted by molar-refractivity contribution is 0.364. The highest BCUT2D eigenvalue weighted by Gasteiger charge is 2.01. The highest BCUT2D eigenvalue weighted by Crippen LogP contribution is 1.94. The fourth-order valence-electron chi connectivity index (χ4n) is 0.349. The quantitative estimate of drug-likeness (QED) is 0.458. The Morgan fingerprint density at radius 3 is 2.60 bits per heavy atom. The van der Waals surface area contributed by atoms with E-state index in [1.54, 1.807) is 6.92 Å². The van der Waals surface area contributed by atoms with Crippen molar-refractivity contribution >= 4 is 10.1 Å². The highest BCUT2D eigenvalue weighted by molar-refractivity contribution is 7.89. The SMILES string of the molecule is C=CCOS(=O)(=O)/C=C/C. The van der Waals surface area contributed by atoms with Gasteiger partial charge in [0, 0.05) is 0 Å². The molecule has 0 aromatic rings. The lowest BCUT2D eigenvalue weighted by Gasteiger charge is -1.94. The van der Waals surface area contributed by atoms with E-state index in [1.807, 2.05) is 0 Å². The van der Waals surface area contributed by atoms with Crippen LogP contribution in [0.1, 0.15) is 6.92 Å². The van der Waals surface area contributed by atoms with Crippen LogP contribution in [0.4, 0.5) is 0 Å². The van der Waals surface area contributed by atoms with Gasteiger partial charge in [0.15, 0.2) is 0 Å². The van der Waals surface area contributed by atoms with E-state index in [4.69, 9.17) is 0 Å². The molecule has 0 saturated carbocycles. The topological polar surface area (TPSA) is 43.4 Å². The van der Waals surface area contributed by atoms with Crippen molar-refractivity contribution in [2.75, 3.05) is 6.61 Å². The Kier molecular flexibility index (Phi) is 3.99. The van der Waals surface area contributed by atoms with Crippen LogP contribution >= 0.6 is 0 Å². The average Bonchev–Trinajstić information content (AvgIpc) is 1.84. The fourth-order valence-corrected chi connectivity index (χ4v) is 1.05.